The summed E-state index contributed by atoms with van der Waals surface area (Å²) in [6.45, 7) is 3.48. The van der Waals surface area contributed by atoms with E-state index in [2.05, 4.69) is 27.0 Å². The molecule has 0 saturated heterocycles. The van der Waals surface area contributed by atoms with E-state index in [1.165, 1.54) is 0 Å². The molecule has 4 heteroatoms. The molecule has 0 spiro atoms. The second-order valence-electron chi connectivity index (χ2n) is 0.493. The fraction of sp³-hybridized carbons (Fsp3) is 0.333. The van der Waals surface area contributed by atoms with Crippen molar-refractivity contribution in [2.75, 3.05) is 0 Å². The average molecular weight is 137 g/mol. The summed E-state index contributed by atoms with van der Waals surface area (Å²) in [5, 5.41) is 0. The predicted molar refractivity (Wildman–Crippen MR) is 30.9 cm³/mol. The Morgan fingerprint density at radius 1 is 1.29 bits per heavy atom. The van der Waals surface area contributed by atoms with Crippen molar-refractivity contribution in [2.45, 2.75) is 4.73 Å². The number of nitrogens with two attached hydrogens (primary N) is 3. The molecule has 0 heterocycles. The van der Waals surface area contributed by atoms with Crippen LogP contribution in [0.25, 0.3) is 18.5 Å². The van der Waals surface area contributed by atoms with Gasteiger partial charge >= 0.3 is 37.8 Å². The Balaban J connectivity index is -0.0000000150. The van der Waals surface area contributed by atoms with Crippen LogP contribution < -0.4 is 0 Å². The molecule has 0 amide bonds. The molecule has 0 aromatic carbocycles. The number of hydrogen-bond donors (Lipinski definition) is 0. The van der Waals surface area contributed by atoms with E-state index in [0.29, 0.717) is 0 Å². The van der Waals surface area contributed by atoms with Crippen LogP contribution in [0.3, 0.4) is 0 Å². The summed E-state index contributed by atoms with van der Waals surface area (Å²) >= 11 is 2.06. The fourth-order valence-electron chi connectivity index (χ4n) is 0. The first kappa shape index (κ1) is 26.5. The molecule has 7 heavy (non-hydrogen) atoms. The standard InChI is InChI=1S/C3H5.3H2N.Ti/c1-3-2;;;;/h3H,1-2H2;3*1H2;/q;3*-1;+3. The topological polar surface area (TPSA) is 100 Å². The zero-order chi connectivity index (χ0) is 3.41. The van der Waals surface area contributed by atoms with Gasteiger partial charge in [0.2, 0.25) is 0 Å². The van der Waals surface area contributed by atoms with E-state index in [-0.39, 0.29) is 18.5 Å². The summed E-state index contributed by atoms with van der Waals surface area (Å²) in [5.74, 6) is 0. The summed E-state index contributed by atoms with van der Waals surface area (Å²) in [4.78, 5) is 0. The normalized spacial score (nSPS) is 3.71. The number of rotatable bonds is 1. The maximum Gasteiger partial charge on any atom is -0.693 e. The Kier molecular flexibility index (Phi) is 125. The van der Waals surface area contributed by atoms with Gasteiger partial charge in [-0.25, -0.2) is 0 Å². The minimum absolute atomic E-state index is 0. The van der Waals surface area contributed by atoms with Crippen molar-refractivity contribution in [2.24, 2.45) is 0 Å². The zero-order valence-corrected chi connectivity index (χ0v) is 5.79. The minimum atomic E-state index is 0. The Hall–Kier alpha value is 0.334. The largest absolute Gasteiger partial charge is 0.693 e. The van der Waals surface area contributed by atoms with Crippen molar-refractivity contribution in [3.8, 4) is 0 Å². The second kappa shape index (κ2) is 33.1. The maximum absolute atomic E-state index is 3.48. The third-order valence-corrected chi connectivity index (χ3v) is 0.595. The van der Waals surface area contributed by atoms with Crippen LogP contribution in [0.4, 0.5) is 0 Å². The summed E-state index contributed by atoms with van der Waals surface area (Å²) < 4.78 is 1.08. The molecule has 3 nitrogen and oxygen atoms in total. The van der Waals surface area contributed by atoms with E-state index in [4.69, 9.17) is 0 Å². The van der Waals surface area contributed by atoms with Gasteiger partial charge in [-0.05, 0) is 0 Å². The van der Waals surface area contributed by atoms with Gasteiger partial charge in [-0.1, -0.05) is 0 Å². The van der Waals surface area contributed by atoms with Crippen LogP contribution in [0.1, 0.15) is 0 Å². The van der Waals surface area contributed by atoms with E-state index in [1.807, 2.05) is 6.08 Å². The molecule has 0 radical (unpaired) electrons. The zero-order valence-electron chi connectivity index (χ0n) is 4.22. The van der Waals surface area contributed by atoms with Crippen molar-refractivity contribution in [1.82, 2.24) is 0 Å². The molecule has 0 bridgehead atoms. The van der Waals surface area contributed by atoms with Gasteiger partial charge in [-0.15, -0.1) is 0 Å². The van der Waals surface area contributed by atoms with Gasteiger partial charge in [-0.2, -0.15) is 0 Å². The number of hydrogen-bond acceptors (Lipinski definition) is 0. The Bertz CT molecular complexity index is 24.1. The Morgan fingerprint density at radius 2 is 1.43 bits per heavy atom. The predicted octanol–water partition coefficient (Wildman–Crippen LogP) is 3.29. The molecule has 0 fully saturated rings. The molecule has 0 atom stereocenters. The molecule has 0 aliphatic carbocycles. The van der Waals surface area contributed by atoms with Gasteiger partial charge in [0, 0.05) is 0 Å². The van der Waals surface area contributed by atoms with Crippen LogP contribution in [0.5, 0.6) is 0 Å². The van der Waals surface area contributed by atoms with E-state index in [1.54, 1.807) is 0 Å². The fourth-order valence-corrected chi connectivity index (χ4v) is 0. The van der Waals surface area contributed by atoms with Crippen molar-refractivity contribution < 1.29 is 20.4 Å². The summed E-state index contributed by atoms with van der Waals surface area (Å²) in [6.07, 6.45) is 1.88. The van der Waals surface area contributed by atoms with Crippen LogP contribution in [-0.4, -0.2) is 0 Å². The van der Waals surface area contributed by atoms with E-state index in [9.17, 15) is 0 Å². The molecule has 0 unspecified atom stereocenters. The molecule has 0 saturated carbocycles. The van der Waals surface area contributed by atoms with E-state index < -0.39 is 0 Å². The monoisotopic (exact) mass is 137 g/mol. The van der Waals surface area contributed by atoms with E-state index >= 15 is 0 Å². The molecule has 42 valence electrons. The molecular formula is C3H11N3Ti. The molecule has 0 aliphatic heterocycles. The van der Waals surface area contributed by atoms with Crippen LogP contribution in [0.2, 0.25) is 4.73 Å². The SMILES string of the molecule is C=C[CH2][Ti+3].[NH2-].[NH2-].[NH2-]. The maximum atomic E-state index is 3.48. The van der Waals surface area contributed by atoms with Gasteiger partial charge in [0.1, 0.15) is 0 Å². The van der Waals surface area contributed by atoms with Crippen molar-refractivity contribution in [3.63, 3.8) is 0 Å². The van der Waals surface area contributed by atoms with Crippen molar-refractivity contribution >= 4 is 0 Å². The quantitative estimate of drug-likeness (QED) is 0.391. The van der Waals surface area contributed by atoms with Crippen molar-refractivity contribution in [3.05, 3.63) is 31.1 Å². The Labute approximate surface area is 56.7 Å². The van der Waals surface area contributed by atoms with Gasteiger partial charge in [0.25, 0.3) is 0 Å². The van der Waals surface area contributed by atoms with Crippen LogP contribution >= 0.6 is 0 Å². The molecule has 0 rings (SSSR count). The first-order valence-electron chi connectivity index (χ1n) is 1.17. The molecule has 6 N–H and O–H groups in total. The van der Waals surface area contributed by atoms with Crippen molar-refractivity contribution in [1.29, 1.82) is 0 Å². The van der Waals surface area contributed by atoms with Gasteiger partial charge in [0.05, 0.1) is 0 Å². The average Bonchev–Trinajstić information content (AvgIpc) is 1.37. The van der Waals surface area contributed by atoms with E-state index in [0.717, 1.165) is 4.73 Å². The van der Waals surface area contributed by atoms with Gasteiger partial charge in [0.15, 0.2) is 0 Å². The van der Waals surface area contributed by atoms with Crippen LogP contribution in [0, 0.1) is 0 Å². The third-order valence-electron chi connectivity index (χ3n) is 0.144. The smallest absolute Gasteiger partial charge is 0.693 e. The summed E-state index contributed by atoms with van der Waals surface area (Å²) in [5.41, 5.74) is 0. The Morgan fingerprint density at radius 3 is 1.43 bits per heavy atom. The van der Waals surface area contributed by atoms with Crippen LogP contribution in [0.15, 0.2) is 12.7 Å². The number of allylic oxidation sites excluding steroid dienone is 1. The molecule has 0 aliphatic rings. The molecule has 0 aromatic rings. The summed E-state index contributed by atoms with van der Waals surface area (Å²) in [6, 6.07) is 0. The minimum Gasteiger partial charge on any atom is -0.693 e. The molecule has 0 aromatic heterocycles. The first-order valence-corrected chi connectivity index (χ1v) is 2.27. The molecular weight excluding hydrogens is 126 g/mol. The second-order valence-corrected chi connectivity index (χ2v) is 1.13. The van der Waals surface area contributed by atoms with Gasteiger partial charge in [-0.3, -0.25) is 0 Å². The first-order chi connectivity index (χ1) is 1.91. The van der Waals surface area contributed by atoms with Gasteiger partial charge < -0.3 is 18.5 Å². The summed E-state index contributed by atoms with van der Waals surface area (Å²) in [7, 11) is 0. The third kappa shape index (κ3) is 66.8. The van der Waals surface area contributed by atoms with Crippen LogP contribution in [-0.2, 0) is 20.4 Å².